The van der Waals surface area contributed by atoms with Crippen molar-refractivity contribution in [3.8, 4) is 0 Å². The fraction of sp³-hybridized carbons (Fsp3) is 0.429. The molecule has 0 bridgehead atoms. The molecule has 0 N–H and O–H groups in total. The molecular weight excluding hydrogens is 160 g/mol. The Labute approximate surface area is 71.1 Å². The molecule has 0 unspecified atom stereocenters. The zero-order valence-corrected chi connectivity index (χ0v) is 7.25. The van der Waals surface area contributed by atoms with E-state index in [1.165, 1.54) is 6.33 Å². The highest BCUT2D eigenvalue weighted by molar-refractivity contribution is 7.93. The summed E-state index contributed by atoms with van der Waals surface area (Å²) in [5, 5.41) is 0. The topological polar surface area (TPSA) is 45.7 Å². The van der Waals surface area contributed by atoms with Crippen molar-refractivity contribution in [2.45, 2.75) is 13.3 Å². The van der Waals surface area contributed by atoms with Gasteiger partial charge in [0.15, 0.2) is 0 Å². The zero-order valence-electron chi connectivity index (χ0n) is 6.43. The van der Waals surface area contributed by atoms with Gasteiger partial charge in [-0.2, -0.15) is 4.55 Å². The molecule has 1 aromatic heterocycles. The van der Waals surface area contributed by atoms with Gasteiger partial charge in [0.05, 0.1) is 0 Å². The van der Waals surface area contributed by atoms with Gasteiger partial charge in [-0.3, -0.25) is 0 Å². The van der Waals surface area contributed by atoms with Gasteiger partial charge in [-0.05, 0) is 12.5 Å². The minimum atomic E-state index is 0.652. The van der Waals surface area contributed by atoms with Crippen LogP contribution in [0.15, 0.2) is 24.8 Å². The van der Waals surface area contributed by atoms with Crippen LogP contribution in [0.4, 0.5) is 0 Å². The molecule has 61 valence electrons. The second kappa shape index (κ2) is 9.39. The standard InChI is InChI=1S/C4H4N2.C3H7OS/c1-2-5-4-6-3-1;1-2-3-5-4/h1-4H;2-3H2,1H3. The normalized spacial score (nSPS) is 8.18. The highest BCUT2D eigenvalue weighted by Gasteiger charge is 1.72. The van der Waals surface area contributed by atoms with Crippen LogP contribution in [-0.2, 0) is 4.55 Å². The van der Waals surface area contributed by atoms with Crippen LogP contribution in [0.25, 0.3) is 0 Å². The van der Waals surface area contributed by atoms with E-state index in [4.69, 9.17) is 0 Å². The van der Waals surface area contributed by atoms with Crippen LogP contribution < -0.4 is 0 Å². The van der Waals surface area contributed by atoms with Crippen LogP contribution >= 0.6 is 12.0 Å². The summed E-state index contributed by atoms with van der Waals surface area (Å²) in [5.74, 6) is 0.750. The predicted octanol–water partition coefficient (Wildman–Crippen LogP) is 1.95. The molecule has 0 fully saturated rings. The van der Waals surface area contributed by atoms with Gasteiger partial charge in [0.1, 0.15) is 6.33 Å². The number of hydrogen-bond donors (Lipinski definition) is 0. The molecule has 0 saturated heterocycles. The lowest BCUT2D eigenvalue weighted by Crippen LogP contribution is -1.66. The smallest absolute Gasteiger partial charge is 0.115 e. The molecule has 0 atom stereocenters. The molecular formula is C7H11N2OS. The molecule has 0 aliphatic carbocycles. The molecule has 1 rings (SSSR count). The van der Waals surface area contributed by atoms with Crippen molar-refractivity contribution < 1.29 is 4.55 Å². The van der Waals surface area contributed by atoms with Crippen molar-refractivity contribution >= 4 is 12.0 Å². The highest BCUT2D eigenvalue weighted by atomic mass is 32.2. The van der Waals surface area contributed by atoms with E-state index < -0.39 is 0 Å². The summed E-state index contributed by atoms with van der Waals surface area (Å²) >= 11 is 0.652. The second-order valence-electron chi connectivity index (χ2n) is 1.73. The first-order valence-corrected chi connectivity index (χ1v) is 4.27. The molecule has 0 saturated carbocycles. The van der Waals surface area contributed by atoms with Gasteiger partial charge < -0.3 is 0 Å². The Morgan fingerprint density at radius 1 is 1.36 bits per heavy atom. The number of hydrogen-bond acceptors (Lipinski definition) is 3. The van der Waals surface area contributed by atoms with Crippen molar-refractivity contribution in [3.63, 3.8) is 0 Å². The molecule has 4 heteroatoms. The fourth-order valence-electron chi connectivity index (χ4n) is 0.337. The largest absolute Gasteiger partial charge is 0.245 e. The summed E-state index contributed by atoms with van der Waals surface area (Å²) in [5.41, 5.74) is 0. The summed E-state index contributed by atoms with van der Waals surface area (Å²) in [6.07, 6.45) is 5.87. The van der Waals surface area contributed by atoms with E-state index in [0.717, 1.165) is 12.2 Å². The van der Waals surface area contributed by atoms with E-state index >= 15 is 0 Å². The van der Waals surface area contributed by atoms with E-state index in [1.54, 1.807) is 18.5 Å². The first kappa shape index (κ1) is 10.4. The molecule has 3 nitrogen and oxygen atoms in total. The third-order valence-corrected chi connectivity index (χ3v) is 1.34. The monoisotopic (exact) mass is 171 g/mol. The molecule has 0 aliphatic rings. The molecule has 0 aromatic carbocycles. The van der Waals surface area contributed by atoms with Crippen LogP contribution in [0.3, 0.4) is 0 Å². The lowest BCUT2D eigenvalue weighted by Gasteiger charge is -1.75. The van der Waals surface area contributed by atoms with E-state index in [2.05, 4.69) is 9.97 Å². The first-order valence-electron chi connectivity index (χ1n) is 3.36. The van der Waals surface area contributed by atoms with Crippen LogP contribution in [0.1, 0.15) is 13.3 Å². The van der Waals surface area contributed by atoms with Crippen LogP contribution in [0, 0.1) is 0 Å². The van der Waals surface area contributed by atoms with Gasteiger partial charge in [0.25, 0.3) is 0 Å². The molecule has 11 heavy (non-hydrogen) atoms. The number of nitrogens with zero attached hydrogens (tertiary/aromatic N) is 2. The first-order chi connectivity index (χ1) is 5.41. The van der Waals surface area contributed by atoms with Crippen molar-refractivity contribution in [2.24, 2.45) is 0 Å². The van der Waals surface area contributed by atoms with Gasteiger partial charge in [-0.25, -0.2) is 9.97 Å². The lowest BCUT2D eigenvalue weighted by atomic mass is 10.6. The van der Waals surface area contributed by atoms with E-state index in [0.29, 0.717) is 12.0 Å². The lowest BCUT2D eigenvalue weighted by molar-refractivity contribution is 0.531. The Hall–Kier alpha value is -0.610. The van der Waals surface area contributed by atoms with E-state index in [-0.39, 0.29) is 0 Å². The van der Waals surface area contributed by atoms with Gasteiger partial charge in [0, 0.05) is 30.2 Å². The molecule has 0 aliphatic heterocycles. The SMILES string of the molecule is CCCS[O].c1cncnc1. The minimum Gasteiger partial charge on any atom is -0.245 e. The molecule has 0 amide bonds. The Morgan fingerprint density at radius 2 is 2.00 bits per heavy atom. The van der Waals surface area contributed by atoms with Crippen molar-refractivity contribution in [1.29, 1.82) is 0 Å². The fourth-order valence-corrected chi connectivity index (χ4v) is 0.503. The zero-order chi connectivity index (χ0) is 8.36. The molecule has 1 heterocycles. The van der Waals surface area contributed by atoms with Crippen LogP contribution in [-0.4, -0.2) is 15.7 Å². The Kier molecular flexibility index (Phi) is 8.87. The highest BCUT2D eigenvalue weighted by Crippen LogP contribution is 1.92. The Balaban J connectivity index is 0.000000187. The van der Waals surface area contributed by atoms with E-state index in [1.807, 2.05) is 6.92 Å². The number of rotatable bonds is 2. The van der Waals surface area contributed by atoms with Gasteiger partial charge in [-0.1, -0.05) is 6.92 Å². The van der Waals surface area contributed by atoms with Crippen molar-refractivity contribution in [3.05, 3.63) is 24.8 Å². The third kappa shape index (κ3) is 9.39. The van der Waals surface area contributed by atoms with Crippen molar-refractivity contribution in [2.75, 3.05) is 5.75 Å². The summed E-state index contributed by atoms with van der Waals surface area (Å²) in [6.45, 7) is 1.99. The van der Waals surface area contributed by atoms with Gasteiger partial charge in [-0.15, -0.1) is 0 Å². The van der Waals surface area contributed by atoms with Crippen molar-refractivity contribution in [1.82, 2.24) is 9.97 Å². The van der Waals surface area contributed by atoms with Crippen LogP contribution in [0.2, 0.25) is 0 Å². The maximum atomic E-state index is 9.45. The van der Waals surface area contributed by atoms with Gasteiger partial charge in [0.2, 0.25) is 0 Å². The second-order valence-corrected chi connectivity index (χ2v) is 2.37. The summed E-state index contributed by atoms with van der Waals surface area (Å²) in [7, 11) is 0. The Bertz CT molecular complexity index is 120. The average molecular weight is 171 g/mol. The average Bonchev–Trinajstić information content (AvgIpc) is 2.10. The van der Waals surface area contributed by atoms with E-state index in [9.17, 15) is 4.55 Å². The Morgan fingerprint density at radius 3 is 2.09 bits per heavy atom. The maximum absolute atomic E-state index is 9.45. The summed E-state index contributed by atoms with van der Waals surface area (Å²) < 4.78 is 9.45. The molecule has 1 aromatic rings. The van der Waals surface area contributed by atoms with Crippen LogP contribution in [0.5, 0.6) is 0 Å². The maximum Gasteiger partial charge on any atom is 0.115 e. The predicted molar refractivity (Wildman–Crippen MR) is 45.5 cm³/mol. The quantitative estimate of drug-likeness (QED) is 0.639. The summed E-state index contributed by atoms with van der Waals surface area (Å²) in [6, 6.07) is 1.78. The minimum absolute atomic E-state index is 0.652. The van der Waals surface area contributed by atoms with Gasteiger partial charge >= 0.3 is 0 Å². The summed E-state index contributed by atoms with van der Waals surface area (Å²) in [4.78, 5) is 7.35. The third-order valence-electron chi connectivity index (χ3n) is 0.765. The molecule has 1 radical (unpaired) electrons. The molecule has 0 spiro atoms. The number of aromatic nitrogens is 2.